The maximum absolute atomic E-state index is 12.3. The number of nitrogens with zero attached hydrogens (tertiary/aromatic N) is 1. The minimum Gasteiger partial charge on any atom is -0.214 e. The van der Waals surface area contributed by atoms with Crippen LogP contribution in [0.4, 0.5) is 0 Å². The second-order valence-corrected chi connectivity index (χ2v) is 7.89. The molecule has 0 saturated heterocycles. The first-order valence-corrected chi connectivity index (χ1v) is 9.33. The van der Waals surface area contributed by atoms with Crippen molar-refractivity contribution in [2.24, 2.45) is 0 Å². The summed E-state index contributed by atoms with van der Waals surface area (Å²) in [5, 5.41) is 0.572. The fourth-order valence-corrected chi connectivity index (χ4v) is 5.44. The summed E-state index contributed by atoms with van der Waals surface area (Å²) < 4.78 is 4.21. The average Bonchev–Trinajstić information content (AvgIpc) is 2.97. The number of thioether (sulfide) groups is 2. The molecular formula is C14H13INOS2+. The van der Waals surface area contributed by atoms with E-state index < -0.39 is 0 Å². The Labute approximate surface area is 134 Å². The van der Waals surface area contributed by atoms with Crippen LogP contribution in [-0.2, 0) is 11.2 Å². The third-order valence-corrected chi connectivity index (χ3v) is 7.29. The zero-order valence-electron chi connectivity index (χ0n) is 10.2. The van der Waals surface area contributed by atoms with E-state index in [1.54, 1.807) is 11.8 Å². The molecule has 0 saturated carbocycles. The van der Waals surface area contributed by atoms with Crippen molar-refractivity contribution in [3.8, 4) is 0 Å². The molecule has 3 rings (SSSR count). The molecule has 0 N–H and O–H groups in total. The van der Waals surface area contributed by atoms with Crippen LogP contribution in [0.2, 0.25) is 0 Å². The number of alkyl halides is 1. The predicted molar refractivity (Wildman–Crippen MR) is 91.2 cm³/mol. The highest BCUT2D eigenvalue weighted by Crippen LogP contribution is 2.39. The van der Waals surface area contributed by atoms with Gasteiger partial charge >= 0.3 is 5.91 Å². The molecule has 2 aliphatic rings. The zero-order valence-corrected chi connectivity index (χ0v) is 14.0. The molecule has 1 unspecified atom stereocenters. The van der Waals surface area contributed by atoms with Gasteiger partial charge in [0.2, 0.25) is 0 Å². The molecule has 1 aromatic carbocycles. The summed E-state index contributed by atoms with van der Waals surface area (Å²) in [5.74, 6) is 0.191. The Morgan fingerprint density at radius 2 is 2.16 bits per heavy atom. The normalized spacial score (nSPS) is 24.4. The van der Waals surface area contributed by atoms with Gasteiger partial charge in [-0.05, 0) is 35.5 Å². The van der Waals surface area contributed by atoms with Gasteiger partial charge in [-0.15, -0.1) is 4.58 Å². The molecule has 1 amide bonds. The summed E-state index contributed by atoms with van der Waals surface area (Å²) >= 11 is 5.88. The minimum atomic E-state index is 0.191. The zero-order chi connectivity index (χ0) is 13.2. The second kappa shape index (κ2) is 6.01. The molecule has 0 aromatic heterocycles. The van der Waals surface area contributed by atoms with Crippen LogP contribution in [0.15, 0.2) is 41.3 Å². The van der Waals surface area contributed by atoms with E-state index in [0.717, 1.165) is 22.3 Å². The minimum absolute atomic E-state index is 0.191. The fourth-order valence-electron chi connectivity index (χ4n) is 2.07. The molecule has 1 aromatic rings. The number of rotatable bonds is 3. The van der Waals surface area contributed by atoms with Crippen LogP contribution < -0.4 is 0 Å². The molecule has 98 valence electrons. The predicted octanol–water partition coefficient (Wildman–Crippen LogP) is 3.31. The van der Waals surface area contributed by atoms with Gasteiger partial charge in [0.1, 0.15) is 4.91 Å². The van der Waals surface area contributed by atoms with Crippen LogP contribution >= 0.6 is 46.1 Å². The number of carbonyl (C=O) groups excluding carboxylic acids is 1. The van der Waals surface area contributed by atoms with Gasteiger partial charge in [0.25, 0.3) is 4.38 Å². The summed E-state index contributed by atoms with van der Waals surface area (Å²) in [6.45, 7) is 0.872. The van der Waals surface area contributed by atoms with Crippen LogP contribution in [-0.4, -0.2) is 31.1 Å². The van der Waals surface area contributed by atoms with Crippen molar-refractivity contribution in [2.75, 3.05) is 11.0 Å². The van der Waals surface area contributed by atoms with Crippen LogP contribution in [0, 0.1) is 0 Å². The molecule has 0 spiro atoms. The lowest BCUT2D eigenvalue weighted by atomic mass is 10.1. The van der Waals surface area contributed by atoms with Crippen molar-refractivity contribution >= 4 is 56.4 Å². The summed E-state index contributed by atoms with van der Waals surface area (Å²) in [7, 11) is 0. The van der Waals surface area contributed by atoms with E-state index in [-0.39, 0.29) is 5.91 Å². The molecule has 1 atom stereocenters. The summed E-state index contributed by atoms with van der Waals surface area (Å²) in [6, 6.07) is 10.3. The molecule has 19 heavy (non-hydrogen) atoms. The van der Waals surface area contributed by atoms with Crippen molar-refractivity contribution in [3.05, 3.63) is 46.9 Å². The number of halogens is 1. The molecule has 2 heterocycles. The number of allylic oxidation sites excluding steroid dienone is 1. The van der Waals surface area contributed by atoms with E-state index in [1.807, 2.05) is 34.5 Å². The number of hydrogen-bond acceptors (Lipinski definition) is 3. The number of benzene rings is 1. The van der Waals surface area contributed by atoms with Gasteiger partial charge in [-0.25, -0.2) is 4.79 Å². The smallest absolute Gasteiger partial charge is 0.214 e. The van der Waals surface area contributed by atoms with Crippen molar-refractivity contribution in [3.63, 3.8) is 0 Å². The molecule has 0 aliphatic carbocycles. The van der Waals surface area contributed by atoms with E-state index in [2.05, 4.69) is 40.8 Å². The van der Waals surface area contributed by atoms with Crippen molar-refractivity contribution in [2.45, 2.75) is 11.7 Å². The van der Waals surface area contributed by atoms with Gasteiger partial charge in [0.15, 0.2) is 6.54 Å². The molecule has 5 heteroatoms. The van der Waals surface area contributed by atoms with Gasteiger partial charge in [0.05, 0.1) is 5.25 Å². The topological polar surface area (TPSA) is 20.1 Å². The van der Waals surface area contributed by atoms with Crippen LogP contribution in [0.1, 0.15) is 5.56 Å². The Morgan fingerprint density at radius 3 is 2.84 bits per heavy atom. The van der Waals surface area contributed by atoms with Crippen molar-refractivity contribution < 1.29 is 9.37 Å². The third kappa shape index (κ3) is 2.92. The Morgan fingerprint density at radius 1 is 1.37 bits per heavy atom. The highest BCUT2D eigenvalue weighted by Gasteiger charge is 2.45. The van der Waals surface area contributed by atoms with E-state index in [4.69, 9.17) is 0 Å². The van der Waals surface area contributed by atoms with Crippen LogP contribution in [0.25, 0.3) is 0 Å². The van der Waals surface area contributed by atoms with Gasteiger partial charge < -0.3 is 0 Å². The van der Waals surface area contributed by atoms with E-state index in [9.17, 15) is 4.79 Å². The lowest BCUT2D eigenvalue weighted by Gasteiger charge is -2.00. The summed E-state index contributed by atoms with van der Waals surface area (Å²) in [4.78, 5) is 13.2. The first kappa shape index (κ1) is 13.7. The van der Waals surface area contributed by atoms with Crippen LogP contribution in [0.3, 0.4) is 0 Å². The largest absolute Gasteiger partial charge is 0.427 e. The highest BCUT2D eigenvalue weighted by molar-refractivity contribution is 14.1. The standard InChI is InChI=1S/C14H13INOS2/c15-8-11-9-16-13(17)12(19-14(16)18-11)7-6-10-4-2-1-3-5-10/h1-5,7,11H,6,8-9H2/q+1/b12-7+. The monoisotopic (exact) mass is 402 g/mol. The molecular weight excluding hydrogens is 389 g/mol. The molecule has 0 radical (unpaired) electrons. The van der Waals surface area contributed by atoms with Gasteiger partial charge in [-0.3, -0.25) is 0 Å². The van der Waals surface area contributed by atoms with Gasteiger partial charge in [0, 0.05) is 4.43 Å². The van der Waals surface area contributed by atoms with Crippen molar-refractivity contribution in [1.29, 1.82) is 0 Å². The maximum atomic E-state index is 12.3. The number of hydrogen-bond donors (Lipinski definition) is 0. The lowest BCUT2D eigenvalue weighted by molar-refractivity contribution is -0.433. The Balaban J connectivity index is 1.69. The maximum Gasteiger partial charge on any atom is 0.427 e. The van der Waals surface area contributed by atoms with Gasteiger partial charge in [-0.1, -0.05) is 59.0 Å². The molecule has 0 bridgehead atoms. The Hall–Kier alpha value is -0.270. The SMILES string of the molecule is O=C1/C(=C\Cc2ccccc2)SC2=[N+]1CC(CI)S2. The first-order chi connectivity index (χ1) is 9.28. The summed E-state index contributed by atoms with van der Waals surface area (Å²) in [6.07, 6.45) is 2.89. The van der Waals surface area contributed by atoms with E-state index in [1.165, 1.54) is 9.94 Å². The molecule has 2 aliphatic heterocycles. The molecule has 2 nitrogen and oxygen atoms in total. The third-order valence-electron chi connectivity index (χ3n) is 3.07. The van der Waals surface area contributed by atoms with E-state index >= 15 is 0 Å². The summed E-state index contributed by atoms with van der Waals surface area (Å²) in [5.41, 5.74) is 1.25. The van der Waals surface area contributed by atoms with Crippen molar-refractivity contribution in [1.82, 2.24) is 0 Å². The average molecular weight is 402 g/mol. The van der Waals surface area contributed by atoms with Gasteiger partial charge in [-0.2, -0.15) is 0 Å². The first-order valence-electron chi connectivity index (χ1n) is 6.11. The quantitative estimate of drug-likeness (QED) is 0.335. The number of carbonyl (C=O) groups is 1. The molecule has 0 fully saturated rings. The number of amides is 1. The second-order valence-electron chi connectivity index (χ2n) is 4.44. The fraction of sp³-hybridized carbons (Fsp3) is 0.286. The lowest BCUT2D eigenvalue weighted by Crippen LogP contribution is -2.21. The van der Waals surface area contributed by atoms with E-state index in [0.29, 0.717) is 5.25 Å². The Bertz CT molecular complexity index is 568. The Kier molecular flexibility index (Phi) is 4.34. The highest BCUT2D eigenvalue weighted by atomic mass is 127. The van der Waals surface area contributed by atoms with Crippen LogP contribution in [0.5, 0.6) is 0 Å².